The topological polar surface area (TPSA) is 122 Å². The van der Waals surface area contributed by atoms with E-state index >= 15 is 0 Å². The van der Waals surface area contributed by atoms with Gasteiger partial charge in [-0.15, -0.1) is 0 Å². The van der Waals surface area contributed by atoms with Crippen molar-refractivity contribution in [3.63, 3.8) is 0 Å². The van der Waals surface area contributed by atoms with Gasteiger partial charge in [0.05, 0.1) is 12.9 Å². The number of carbonyl (C=O) groups is 1. The Kier molecular flexibility index (Phi) is 9.97. The molecule has 202 valence electrons. The molecule has 36 heavy (non-hydrogen) atoms. The van der Waals surface area contributed by atoms with Gasteiger partial charge in [0.15, 0.2) is 29.4 Å². The molecule has 3 N–H and O–H groups in total. The number of hydrogen-bond donors (Lipinski definition) is 3. The largest absolute Gasteiger partial charge is 0.451 e. The number of amides is 1. The molecular formula is C23H33F4N5O4. The van der Waals surface area contributed by atoms with Crippen molar-refractivity contribution in [2.75, 3.05) is 11.9 Å². The molecule has 0 saturated carbocycles. The number of carbonyl (C=O) groups excluding carboxylic acids is 1. The number of ether oxygens (including phenoxy) is 1. The van der Waals surface area contributed by atoms with E-state index in [1.165, 1.54) is 25.7 Å². The fraction of sp³-hybridized carbons (Fsp3) is 0.739. The number of anilines is 1. The van der Waals surface area contributed by atoms with Crippen molar-refractivity contribution in [2.24, 2.45) is 0 Å². The number of unbranched alkanes of at least 4 members (excludes halogenated alkanes) is 8. The number of rotatable bonds is 13. The Morgan fingerprint density at radius 1 is 1.11 bits per heavy atom. The monoisotopic (exact) mass is 519 g/mol. The second-order valence-electron chi connectivity index (χ2n) is 9.03. The minimum absolute atomic E-state index is 0.103. The third kappa shape index (κ3) is 6.88. The van der Waals surface area contributed by atoms with Gasteiger partial charge in [0.2, 0.25) is 11.7 Å². The summed E-state index contributed by atoms with van der Waals surface area (Å²) in [7, 11) is 0. The van der Waals surface area contributed by atoms with Crippen molar-refractivity contribution in [2.45, 2.75) is 102 Å². The average Bonchev–Trinajstić information content (AvgIpc) is 3.38. The number of imidazole rings is 1. The molecule has 1 aliphatic heterocycles. The molecule has 0 radical (unpaired) electrons. The molecule has 0 bridgehead atoms. The van der Waals surface area contributed by atoms with Gasteiger partial charge >= 0.3 is 6.18 Å². The summed E-state index contributed by atoms with van der Waals surface area (Å²) in [6.45, 7) is 1.47. The Morgan fingerprint density at radius 2 is 1.75 bits per heavy atom. The quantitative estimate of drug-likeness (QED) is 0.267. The first-order valence-electron chi connectivity index (χ1n) is 12.4. The summed E-state index contributed by atoms with van der Waals surface area (Å²) in [4.78, 5) is 23.3. The van der Waals surface area contributed by atoms with Crippen LogP contribution >= 0.6 is 0 Å². The van der Waals surface area contributed by atoms with E-state index < -0.39 is 60.6 Å². The number of fused-ring (bicyclic) bond motifs is 1. The normalized spacial score (nSPS) is 22.4. The van der Waals surface area contributed by atoms with Gasteiger partial charge in [0, 0.05) is 6.42 Å². The van der Waals surface area contributed by atoms with Gasteiger partial charge in [-0.1, -0.05) is 58.3 Å². The number of aliphatic hydroxyl groups is 2. The first-order chi connectivity index (χ1) is 17.2. The molecule has 1 amide bonds. The highest BCUT2D eigenvalue weighted by atomic mass is 19.4. The fourth-order valence-corrected chi connectivity index (χ4v) is 4.19. The molecule has 9 nitrogen and oxygen atoms in total. The summed E-state index contributed by atoms with van der Waals surface area (Å²) < 4.78 is 61.2. The number of aliphatic hydroxyl groups excluding tert-OH is 2. The molecule has 1 aliphatic rings. The van der Waals surface area contributed by atoms with Crippen LogP contribution in [0.4, 0.5) is 23.4 Å². The fourth-order valence-electron chi connectivity index (χ4n) is 4.19. The van der Waals surface area contributed by atoms with Crippen molar-refractivity contribution in [3.8, 4) is 0 Å². The van der Waals surface area contributed by atoms with Gasteiger partial charge < -0.3 is 20.3 Å². The lowest BCUT2D eigenvalue weighted by Gasteiger charge is -2.16. The molecule has 2 aromatic rings. The minimum Gasteiger partial charge on any atom is -0.394 e. The van der Waals surface area contributed by atoms with Crippen LogP contribution in [0.3, 0.4) is 0 Å². The van der Waals surface area contributed by atoms with E-state index in [0.717, 1.165) is 36.6 Å². The van der Waals surface area contributed by atoms with Crippen LogP contribution in [0, 0.1) is 0 Å². The summed E-state index contributed by atoms with van der Waals surface area (Å²) in [5, 5.41) is 21.5. The van der Waals surface area contributed by atoms with Crippen LogP contribution < -0.4 is 5.32 Å². The van der Waals surface area contributed by atoms with Crippen LogP contribution in [-0.2, 0) is 15.7 Å². The van der Waals surface area contributed by atoms with E-state index in [4.69, 9.17) is 4.74 Å². The lowest BCUT2D eigenvalue weighted by molar-refractivity contribution is -0.144. The van der Waals surface area contributed by atoms with Crippen molar-refractivity contribution in [3.05, 3.63) is 12.2 Å². The molecule has 0 aliphatic carbocycles. The summed E-state index contributed by atoms with van der Waals surface area (Å²) >= 11 is 0. The van der Waals surface area contributed by atoms with Gasteiger partial charge in [0.1, 0.15) is 12.2 Å². The molecule has 1 unspecified atom stereocenters. The lowest BCUT2D eigenvalue weighted by atomic mass is 10.1. The molecule has 2 aromatic heterocycles. The molecule has 0 aromatic carbocycles. The molecule has 0 spiro atoms. The second kappa shape index (κ2) is 12.7. The Labute approximate surface area is 206 Å². The van der Waals surface area contributed by atoms with Crippen LogP contribution in [0.1, 0.15) is 83.2 Å². The number of aromatic nitrogens is 4. The predicted molar refractivity (Wildman–Crippen MR) is 123 cm³/mol. The van der Waals surface area contributed by atoms with Gasteiger partial charge in [-0.05, 0) is 6.42 Å². The predicted octanol–water partition coefficient (Wildman–Crippen LogP) is 4.29. The molecule has 13 heteroatoms. The number of nitrogens with zero attached hydrogens (tertiary/aromatic N) is 4. The first kappa shape index (κ1) is 28.2. The highest BCUT2D eigenvalue weighted by molar-refractivity contribution is 5.96. The smallest absolute Gasteiger partial charge is 0.394 e. The maximum absolute atomic E-state index is 14.6. The Morgan fingerprint density at radius 3 is 2.33 bits per heavy atom. The SMILES string of the molecule is CCCCCCCCCCCC(=O)Nc1nc(C(F)(F)F)nc2c1ncn2[C@@H]1O[C@H](CO)[C@H](O)C1F. The molecule has 3 rings (SSSR count). The molecule has 3 heterocycles. The van der Waals surface area contributed by atoms with Crippen LogP contribution in [0.5, 0.6) is 0 Å². The van der Waals surface area contributed by atoms with Crippen LogP contribution in [0.15, 0.2) is 6.33 Å². The lowest BCUT2D eigenvalue weighted by Crippen LogP contribution is -2.30. The number of hydrogen-bond acceptors (Lipinski definition) is 7. The highest BCUT2D eigenvalue weighted by Gasteiger charge is 2.46. The molecular weight excluding hydrogens is 486 g/mol. The van der Waals surface area contributed by atoms with Crippen molar-refractivity contribution < 1.29 is 37.3 Å². The van der Waals surface area contributed by atoms with E-state index in [9.17, 15) is 32.6 Å². The van der Waals surface area contributed by atoms with Crippen LogP contribution in [0.2, 0.25) is 0 Å². The maximum Gasteiger partial charge on any atom is 0.451 e. The summed E-state index contributed by atoms with van der Waals surface area (Å²) in [5.41, 5.74) is -0.602. The van der Waals surface area contributed by atoms with Gasteiger partial charge in [-0.25, -0.2) is 19.3 Å². The van der Waals surface area contributed by atoms with Crippen molar-refractivity contribution in [1.29, 1.82) is 0 Å². The third-order valence-electron chi connectivity index (χ3n) is 6.19. The van der Waals surface area contributed by atoms with Gasteiger partial charge in [-0.2, -0.15) is 13.2 Å². The second-order valence-corrected chi connectivity index (χ2v) is 9.03. The Bertz CT molecular complexity index is 1000. The third-order valence-corrected chi connectivity index (χ3v) is 6.19. The molecule has 1 fully saturated rings. The maximum atomic E-state index is 14.6. The zero-order valence-electron chi connectivity index (χ0n) is 20.2. The number of alkyl halides is 4. The van der Waals surface area contributed by atoms with E-state index in [0.29, 0.717) is 6.42 Å². The Hall–Kier alpha value is -2.38. The average molecular weight is 520 g/mol. The zero-order chi connectivity index (χ0) is 26.3. The summed E-state index contributed by atoms with van der Waals surface area (Å²) in [6.07, 6.45) is -0.946. The van der Waals surface area contributed by atoms with E-state index in [-0.39, 0.29) is 11.9 Å². The highest BCUT2D eigenvalue weighted by Crippen LogP contribution is 2.36. The molecule has 4 atom stereocenters. The van der Waals surface area contributed by atoms with Crippen LogP contribution in [0.25, 0.3) is 11.2 Å². The van der Waals surface area contributed by atoms with E-state index in [2.05, 4.69) is 27.2 Å². The van der Waals surface area contributed by atoms with Crippen molar-refractivity contribution in [1.82, 2.24) is 19.5 Å². The number of nitrogens with one attached hydrogen (secondary N) is 1. The standard InChI is InChI=1S/C23H33F4N5O4/c1-2-3-4-5-6-7-8-9-10-11-15(34)29-19-17-20(31-22(30-19)23(25,26)27)32(13-28-17)21-16(24)18(35)14(12-33)36-21/h13-14,16,18,21,33,35H,2-12H2,1H3,(H,29,30,31,34)/t14-,16?,18+,21-/m1/s1. The van der Waals surface area contributed by atoms with Gasteiger partial charge in [-0.3, -0.25) is 9.36 Å². The zero-order valence-corrected chi connectivity index (χ0v) is 20.2. The molecule has 1 saturated heterocycles. The van der Waals surface area contributed by atoms with Crippen molar-refractivity contribution >= 4 is 22.9 Å². The van der Waals surface area contributed by atoms with E-state index in [1.807, 2.05) is 0 Å². The minimum atomic E-state index is -4.95. The first-order valence-corrected chi connectivity index (χ1v) is 12.4. The van der Waals surface area contributed by atoms with Gasteiger partial charge in [0.25, 0.3) is 0 Å². The van der Waals surface area contributed by atoms with E-state index in [1.54, 1.807) is 0 Å². The summed E-state index contributed by atoms with van der Waals surface area (Å²) in [5.74, 6) is -2.50. The van der Waals surface area contributed by atoms with Crippen LogP contribution in [-0.4, -0.2) is 60.6 Å². The number of halogens is 4. The Balaban J connectivity index is 1.68. The summed E-state index contributed by atoms with van der Waals surface area (Å²) in [6, 6.07) is 0.